The number of nitrogens with zero attached hydrogens (tertiary/aromatic N) is 2. The largest absolute Gasteiger partial charge is 0.358 e. The zero-order valence-electron chi connectivity index (χ0n) is 13.3. The summed E-state index contributed by atoms with van der Waals surface area (Å²) in [5.74, 6) is 1.48. The topological polar surface area (TPSA) is 52.7 Å². The average Bonchev–Trinajstić information content (AvgIpc) is 2.57. The van der Waals surface area contributed by atoms with Crippen LogP contribution >= 0.6 is 23.4 Å². The average molecular weight is 356 g/mol. The summed E-state index contributed by atoms with van der Waals surface area (Å²) < 4.78 is 0. The Hall–Kier alpha value is -1.24. The molecule has 1 heterocycles. The molecular formula is C16H22ClN3O2S. The van der Waals surface area contributed by atoms with Gasteiger partial charge < -0.3 is 10.2 Å². The fourth-order valence-electron chi connectivity index (χ4n) is 2.37. The second kappa shape index (κ2) is 9.15. The maximum atomic E-state index is 12.2. The van der Waals surface area contributed by atoms with Gasteiger partial charge in [0.1, 0.15) is 0 Å². The van der Waals surface area contributed by atoms with E-state index in [0.717, 1.165) is 23.9 Å². The third kappa shape index (κ3) is 6.05. The van der Waals surface area contributed by atoms with Crippen molar-refractivity contribution in [1.82, 2.24) is 15.1 Å². The molecule has 23 heavy (non-hydrogen) atoms. The van der Waals surface area contributed by atoms with Gasteiger partial charge in [0.05, 0.1) is 12.3 Å². The number of amides is 2. The number of hydrogen-bond donors (Lipinski definition) is 1. The number of thioether (sulfide) groups is 1. The van der Waals surface area contributed by atoms with E-state index < -0.39 is 0 Å². The molecule has 0 radical (unpaired) electrons. The van der Waals surface area contributed by atoms with Crippen LogP contribution in [0.4, 0.5) is 0 Å². The highest BCUT2D eigenvalue weighted by Crippen LogP contribution is 2.16. The van der Waals surface area contributed by atoms with Gasteiger partial charge in [0.2, 0.25) is 11.8 Å². The molecule has 126 valence electrons. The highest BCUT2D eigenvalue weighted by atomic mass is 35.5. The predicted octanol–water partition coefficient (Wildman–Crippen LogP) is 1.46. The number of likely N-dealkylation sites (N-methyl/N-ethyl adjacent to an activating group) is 1. The van der Waals surface area contributed by atoms with Gasteiger partial charge in [-0.1, -0.05) is 23.7 Å². The molecule has 1 fully saturated rings. The third-order valence-electron chi connectivity index (χ3n) is 3.78. The molecule has 7 heteroatoms. The number of rotatable bonds is 6. The fourth-order valence-corrected chi connectivity index (χ4v) is 3.38. The molecule has 0 atom stereocenters. The normalized spacial score (nSPS) is 15.5. The first kappa shape index (κ1) is 18.1. The summed E-state index contributed by atoms with van der Waals surface area (Å²) >= 11 is 7.47. The molecule has 5 nitrogen and oxygen atoms in total. The summed E-state index contributed by atoms with van der Waals surface area (Å²) in [4.78, 5) is 27.5. The van der Waals surface area contributed by atoms with Crippen LogP contribution in [0.2, 0.25) is 5.02 Å². The Bertz CT molecular complexity index is 531. The molecule has 0 spiro atoms. The number of carbonyl (C=O) groups excluding carboxylic acids is 2. The van der Waals surface area contributed by atoms with Crippen LogP contribution in [0.1, 0.15) is 5.56 Å². The first-order valence-electron chi connectivity index (χ1n) is 7.61. The molecule has 0 aliphatic carbocycles. The monoisotopic (exact) mass is 355 g/mol. The number of carbonyl (C=O) groups is 2. The number of hydrogen-bond acceptors (Lipinski definition) is 4. The van der Waals surface area contributed by atoms with E-state index in [-0.39, 0.29) is 11.8 Å². The SMILES string of the molecule is CNC(=O)CN1CCN(C(=O)CSCc2ccc(Cl)cc2)CC1. The molecule has 1 saturated heterocycles. The van der Waals surface area contributed by atoms with E-state index in [0.29, 0.717) is 25.4 Å². The van der Waals surface area contributed by atoms with Gasteiger partial charge in [0.25, 0.3) is 0 Å². The summed E-state index contributed by atoms with van der Waals surface area (Å²) in [6, 6.07) is 7.70. The van der Waals surface area contributed by atoms with Crippen LogP contribution in [-0.2, 0) is 15.3 Å². The van der Waals surface area contributed by atoms with E-state index in [1.165, 1.54) is 5.56 Å². The summed E-state index contributed by atoms with van der Waals surface area (Å²) in [5.41, 5.74) is 1.17. The summed E-state index contributed by atoms with van der Waals surface area (Å²) in [5, 5.41) is 3.35. The molecule has 1 N–H and O–H groups in total. The third-order valence-corrected chi connectivity index (χ3v) is 5.02. The Kier molecular flexibility index (Phi) is 7.20. The van der Waals surface area contributed by atoms with E-state index in [9.17, 15) is 9.59 Å². The van der Waals surface area contributed by atoms with Crippen LogP contribution in [0.15, 0.2) is 24.3 Å². The van der Waals surface area contributed by atoms with Crippen LogP contribution in [-0.4, -0.2) is 67.1 Å². The van der Waals surface area contributed by atoms with Crippen molar-refractivity contribution in [3.05, 3.63) is 34.9 Å². The lowest BCUT2D eigenvalue weighted by Crippen LogP contribution is -2.51. The van der Waals surface area contributed by atoms with Crippen molar-refractivity contribution < 1.29 is 9.59 Å². The number of halogens is 1. The summed E-state index contributed by atoms with van der Waals surface area (Å²) in [6.45, 7) is 3.29. The van der Waals surface area contributed by atoms with Gasteiger partial charge >= 0.3 is 0 Å². The molecule has 0 aromatic heterocycles. The fraction of sp³-hybridized carbons (Fsp3) is 0.500. The molecule has 1 aliphatic rings. The van der Waals surface area contributed by atoms with Crippen molar-refractivity contribution >= 4 is 35.2 Å². The minimum absolute atomic E-state index is 0.0169. The van der Waals surface area contributed by atoms with E-state index in [2.05, 4.69) is 10.2 Å². The quantitative estimate of drug-likeness (QED) is 0.839. The smallest absolute Gasteiger partial charge is 0.233 e. The zero-order chi connectivity index (χ0) is 16.7. The molecule has 0 unspecified atom stereocenters. The second-order valence-corrected chi connectivity index (χ2v) is 6.87. The first-order valence-corrected chi connectivity index (χ1v) is 9.14. The van der Waals surface area contributed by atoms with E-state index in [4.69, 9.17) is 11.6 Å². The minimum atomic E-state index is 0.0169. The molecular weight excluding hydrogens is 334 g/mol. The highest BCUT2D eigenvalue weighted by molar-refractivity contribution is 7.99. The molecule has 2 rings (SSSR count). The zero-order valence-corrected chi connectivity index (χ0v) is 14.8. The summed E-state index contributed by atoms with van der Waals surface area (Å²) in [7, 11) is 1.64. The molecule has 1 aromatic rings. The molecule has 2 amide bonds. The van der Waals surface area contributed by atoms with Gasteiger partial charge in [-0.2, -0.15) is 0 Å². The lowest BCUT2D eigenvalue weighted by atomic mass is 10.2. The molecule has 0 saturated carbocycles. The van der Waals surface area contributed by atoms with Crippen LogP contribution in [0.25, 0.3) is 0 Å². The van der Waals surface area contributed by atoms with E-state index in [1.807, 2.05) is 29.2 Å². The van der Waals surface area contributed by atoms with Crippen LogP contribution in [0.5, 0.6) is 0 Å². The van der Waals surface area contributed by atoms with Crippen LogP contribution in [0.3, 0.4) is 0 Å². The molecule has 1 aromatic carbocycles. The number of nitrogens with one attached hydrogen (secondary N) is 1. The van der Waals surface area contributed by atoms with Gasteiger partial charge in [-0.25, -0.2) is 0 Å². The van der Waals surface area contributed by atoms with Crippen LogP contribution in [0, 0.1) is 0 Å². The van der Waals surface area contributed by atoms with Gasteiger partial charge in [-0.05, 0) is 17.7 Å². The maximum Gasteiger partial charge on any atom is 0.233 e. The van der Waals surface area contributed by atoms with E-state index >= 15 is 0 Å². The summed E-state index contributed by atoms with van der Waals surface area (Å²) in [6.07, 6.45) is 0. The maximum absolute atomic E-state index is 12.2. The Morgan fingerprint density at radius 3 is 2.43 bits per heavy atom. The van der Waals surface area contributed by atoms with Crippen molar-refractivity contribution in [2.24, 2.45) is 0 Å². The Labute approximate surface area is 146 Å². The van der Waals surface area contributed by atoms with Gasteiger partial charge in [-0.3, -0.25) is 14.5 Å². The first-order chi connectivity index (χ1) is 11.1. The van der Waals surface area contributed by atoms with Crippen molar-refractivity contribution in [3.8, 4) is 0 Å². The lowest BCUT2D eigenvalue weighted by Gasteiger charge is -2.34. The Morgan fingerprint density at radius 1 is 1.17 bits per heavy atom. The van der Waals surface area contributed by atoms with Crippen molar-refractivity contribution in [2.75, 3.05) is 45.5 Å². The van der Waals surface area contributed by atoms with E-state index in [1.54, 1.807) is 18.8 Å². The van der Waals surface area contributed by atoms with Crippen molar-refractivity contribution in [3.63, 3.8) is 0 Å². The number of piperazine rings is 1. The van der Waals surface area contributed by atoms with Crippen molar-refractivity contribution in [2.45, 2.75) is 5.75 Å². The van der Waals surface area contributed by atoms with Gasteiger partial charge in [-0.15, -0.1) is 11.8 Å². The molecule has 0 bridgehead atoms. The van der Waals surface area contributed by atoms with Crippen LogP contribution < -0.4 is 5.32 Å². The second-order valence-electron chi connectivity index (χ2n) is 5.45. The highest BCUT2D eigenvalue weighted by Gasteiger charge is 2.21. The predicted molar refractivity (Wildman–Crippen MR) is 94.7 cm³/mol. The Morgan fingerprint density at radius 2 is 1.83 bits per heavy atom. The Balaban J connectivity index is 1.67. The van der Waals surface area contributed by atoms with Gasteiger partial charge in [0.15, 0.2) is 0 Å². The standard InChI is InChI=1S/C16H22ClN3O2S/c1-18-15(21)10-19-6-8-20(9-7-19)16(22)12-23-11-13-2-4-14(17)5-3-13/h2-5H,6-12H2,1H3,(H,18,21). The minimum Gasteiger partial charge on any atom is -0.358 e. The molecule has 1 aliphatic heterocycles. The van der Waals surface area contributed by atoms with Crippen molar-refractivity contribution in [1.29, 1.82) is 0 Å². The lowest BCUT2D eigenvalue weighted by molar-refractivity contribution is -0.130. The van der Waals surface area contributed by atoms with Gasteiger partial charge in [0, 0.05) is 44.0 Å². The number of benzene rings is 1.